The second kappa shape index (κ2) is 5.55. The van der Waals surface area contributed by atoms with Gasteiger partial charge in [-0.25, -0.2) is 9.07 Å². The number of anilines is 1. The van der Waals surface area contributed by atoms with Crippen LogP contribution in [0.4, 0.5) is 10.3 Å². The minimum absolute atomic E-state index is 0.218. The summed E-state index contributed by atoms with van der Waals surface area (Å²) in [5.41, 5.74) is 0.763. The summed E-state index contributed by atoms with van der Waals surface area (Å²) in [5.74, 6) is 0.974. The standard InChI is InChI=1S/C16H15FN6O/c1-22-14(10-5-6-10)19-20-16(22)18-15(24)13-7-8-23(21-13)12-4-2-3-11(17)9-12/h2-4,7-10H,5-6H2,1H3,(H,18,20,24). The summed E-state index contributed by atoms with van der Waals surface area (Å²) in [7, 11) is 1.83. The number of nitrogens with zero attached hydrogens (tertiary/aromatic N) is 5. The first-order chi connectivity index (χ1) is 11.6. The number of benzene rings is 1. The van der Waals surface area contributed by atoms with Crippen molar-refractivity contribution in [2.24, 2.45) is 7.05 Å². The molecule has 1 aliphatic carbocycles. The van der Waals surface area contributed by atoms with E-state index in [0.717, 1.165) is 18.7 Å². The number of carbonyl (C=O) groups excluding carboxylic acids is 1. The third-order valence-electron chi connectivity index (χ3n) is 3.97. The molecule has 7 nitrogen and oxygen atoms in total. The molecule has 0 atom stereocenters. The molecule has 1 amide bonds. The van der Waals surface area contributed by atoms with E-state index < -0.39 is 0 Å². The highest BCUT2D eigenvalue weighted by Crippen LogP contribution is 2.39. The molecule has 1 N–H and O–H groups in total. The summed E-state index contributed by atoms with van der Waals surface area (Å²) in [6, 6.07) is 7.57. The Morgan fingerprint density at radius 2 is 2.12 bits per heavy atom. The highest BCUT2D eigenvalue weighted by molar-refractivity contribution is 6.01. The van der Waals surface area contributed by atoms with Gasteiger partial charge in [0.05, 0.1) is 5.69 Å². The normalized spacial score (nSPS) is 13.9. The molecule has 0 bridgehead atoms. The predicted molar refractivity (Wildman–Crippen MR) is 84.5 cm³/mol. The van der Waals surface area contributed by atoms with Gasteiger partial charge in [0.15, 0.2) is 5.69 Å². The molecule has 0 unspecified atom stereocenters. The molecule has 8 heteroatoms. The van der Waals surface area contributed by atoms with Crippen LogP contribution in [-0.4, -0.2) is 30.5 Å². The van der Waals surface area contributed by atoms with Gasteiger partial charge in [-0.2, -0.15) is 5.10 Å². The third kappa shape index (κ3) is 2.66. The van der Waals surface area contributed by atoms with Gasteiger partial charge in [0, 0.05) is 19.2 Å². The highest BCUT2D eigenvalue weighted by atomic mass is 19.1. The lowest BCUT2D eigenvalue weighted by molar-refractivity contribution is 0.102. The number of halogens is 1. The molecule has 122 valence electrons. The lowest BCUT2D eigenvalue weighted by Crippen LogP contribution is -2.16. The Morgan fingerprint density at radius 3 is 2.88 bits per heavy atom. The van der Waals surface area contributed by atoms with Crippen LogP contribution < -0.4 is 5.32 Å². The van der Waals surface area contributed by atoms with Gasteiger partial charge in [-0.05, 0) is 37.1 Å². The number of carbonyl (C=O) groups is 1. The monoisotopic (exact) mass is 326 g/mol. The molecule has 3 aromatic rings. The molecule has 2 aromatic heterocycles. The summed E-state index contributed by atoms with van der Waals surface area (Å²) in [5, 5.41) is 15.0. The van der Waals surface area contributed by atoms with Gasteiger partial charge in [-0.3, -0.25) is 14.7 Å². The molecule has 1 saturated carbocycles. The van der Waals surface area contributed by atoms with Crippen molar-refractivity contribution in [1.29, 1.82) is 0 Å². The van der Waals surface area contributed by atoms with Crippen LogP contribution in [0.5, 0.6) is 0 Å². The molecule has 24 heavy (non-hydrogen) atoms. The van der Waals surface area contributed by atoms with Gasteiger partial charge >= 0.3 is 0 Å². The maximum absolute atomic E-state index is 13.3. The van der Waals surface area contributed by atoms with E-state index in [0.29, 0.717) is 17.6 Å². The topological polar surface area (TPSA) is 77.6 Å². The van der Waals surface area contributed by atoms with E-state index in [9.17, 15) is 9.18 Å². The number of hydrogen-bond donors (Lipinski definition) is 1. The van der Waals surface area contributed by atoms with Crippen LogP contribution in [0.2, 0.25) is 0 Å². The number of amides is 1. The molecule has 0 saturated heterocycles. The molecule has 1 aliphatic rings. The molecule has 0 aliphatic heterocycles. The minimum atomic E-state index is -0.386. The van der Waals surface area contributed by atoms with E-state index in [4.69, 9.17) is 0 Å². The SMILES string of the molecule is Cn1c(NC(=O)c2ccn(-c3cccc(F)c3)n2)nnc1C1CC1. The quantitative estimate of drug-likeness (QED) is 0.798. The van der Waals surface area contributed by atoms with E-state index in [1.807, 2.05) is 7.05 Å². The molecular formula is C16H15FN6O. The van der Waals surface area contributed by atoms with Gasteiger partial charge in [-0.15, -0.1) is 10.2 Å². The maximum Gasteiger partial charge on any atom is 0.278 e. The second-order valence-corrected chi connectivity index (χ2v) is 5.79. The molecule has 1 aromatic carbocycles. The number of aromatic nitrogens is 5. The fraction of sp³-hybridized carbons (Fsp3) is 0.250. The second-order valence-electron chi connectivity index (χ2n) is 5.79. The van der Waals surface area contributed by atoms with Gasteiger partial charge in [0.2, 0.25) is 5.95 Å². The number of rotatable bonds is 4. The van der Waals surface area contributed by atoms with Crippen LogP contribution in [0, 0.1) is 5.82 Å². The van der Waals surface area contributed by atoms with Crippen molar-refractivity contribution in [2.45, 2.75) is 18.8 Å². The highest BCUT2D eigenvalue weighted by Gasteiger charge is 2.29. The average Bonchev–Trinajstić information content (AvgIpc) is 3.17. The van der Waals surface area contributed by atoms with Crippen molar-refractivity contribution >= 4 is 11.9 Å². The summed E-state index contributed by atoms with van der Waals surface area (Å²) in [4.78, 5) is 12.3. The van der Waals surface area contributed by atoms with Crippen molar-refractivity contribution < 1.29 is 9.18 Å². The van der Waals surface area contributed by atoms with E-state index in [2.05, 4.69) is 20.6 Å². The van der Waals surface area contributed by atoms with Crippen LogP contribution in [0.3, 0.4) is 0 Å². The zero-order chi connectivity index (χ0) is 16.7. The zero-order valence-corrected chi connectivity index (χ0v) is 13.0. The Balaban J connectivity index is 1.53. The molecule has 1 fully saturated rings. The summed E-state index contributed by atoms with van der Waals surface area (Å²) < 4.78 is 16.5. The van der Waals surface area contributed by atoms with Gasteiger partial charge in [0.1, 0.15) is 11.6 Å². The summed E-state index contributed by atoms with van der Waals surface area (Å²) >= 11 is 0. The summed E-state index contributed by atoms with van der Waals surface area (Å²) in [6.45, 7) is 0. The summed E-state index contributed by atoms with van der Waals surface area (Å²) in [6.07, 6.45) is 3.83. The smallest absolute Gasteiger partial charge is 0.278 e. The van der Waals surface area contributed by atoms with Crippen molar-refractivity contribution in [3.63, 3.8) is 0 Å². The van der Waals surface area contributed by atoms with E-state index >= 15 is 0 Å². The molecule has 0 spiro atoms. The van der Waals surface area contributed by atoms with Gasteiger partial charge in [0.25, 0.3) is 5.91 Å². The first-order valence-electron chi connectivity index (χ1n) is 7.64. The van der Waals surface area contributed by atoms with E-state index in [1.54, 1.807) is 29.0 Å². The molecule has 4 rings (SSSR count). The predicted octanol–water partition coefficient (Wildman–Crippen LogP) is 2.27. The fourth-order valence-electron chi connectivity index (χ4n) is 2.52. The first kappa shape index (κ1) is 14.6. The van der Waals surface area contributed by atoms with Crippen molar-refractivity contribution in [1.82, 2.24) is 24.5 Å². The Bertz CT molecular complexity index is 911. The molecule has 0 radical (unpaired) electrons. The van der Waals surface area contributed by atoms with Gasteiger partial charge in [-0.1, -0.05) is 6.07 Å². The fourth-order valence-corrected chi connectivity index (χ4v) is 2.52. The lowest BCUT2D eigenvalue weighted by atomic mass is 10.3. The van der Waals surface area contributed by atoms with E-state index in [-0.39, 0.29) is 17.4 Å². The molecular weight excluding hydrogens is 311 g/mol. The Hall–Kier alpha value is -3.03. The Morgan fingerprint density at radius 1 is 1.29 bits per heavy atom. The van der Waals surface area contributed by atoms with E-state index in [1.165, 1.54) is 16.8 Å². The third-order valence-corrected chi connectivity index (χ3v) is 3.97. The van der Waals surface area contributed by atoms with Crippen LogP contribution in [-0.2, 0) is 7.05 Å². The number of nitrogens with one attached hydrogen (secondary N) is 1. The largest absolute Gasteiger partial charge is 0.300 e. The average molecular weight is 326 g/mol. The molecule has 2 heterocycles. The van der Waals surface area contributed by atoms with Crippen LogP contribution in [0.25, 0.3) is 5.69 Å². The van der Waals surface area contributed by atoms with Crippen LogP contribution in [0.15, 0.2) is 36.5 Å². The zero-order valence-electron chi connectivity index (χ0n) is 13.0. The maximum atomic E-state index is 13.3. The Labute approximate surface area is 137 Å². The van der Waals surface area contributed by atoms with Crippen LogP contribution >= 0.6 is 0 Å². The van der Waals surface area contributed by atoms with Crippen LogP contribution in [0.1, 0.15) is 35.1 Å². The van der Waals surface area contributed by atoms with Gasteiger partial charge < -0.3 is 0 Å². The lowest BCUT2D eigenvalue weighted by Gasteiger charge is -2.04. The Kier molecular flexibility index (Phi) is 3.37. The van der Waals surface area contributed by atoms with Crippen molar-refractivity contribution in [2.75, 3.05) is 5.32 Å². The minimum Gasteiger partial charge on any atom is -0.300 e. The van der Waals surface area contributed by atoms with Crippen molar-refractivity contribution in [3.8, 4) is 5.69 Å². The first-order valence-corrected chi connectivity index (χ1v) is 7.64. The van der Waals surface area contributed by atoms with Crippen molar-refractivity contribution in [3.05, 3.63) is 53.9 Å². The number of hydrogen-bond acceptors (Lipinski definition) is 4.